The van der Waals surface area contributed by atoms with Crippen molar-refractivity contribution >= 4 is 28.9 Å². The Morgan fingerprint density at radius 3 is 2.95 bits per heavy atom. The molecule has 2 N–H and O–H groups in total. The molecule has 0 radical (unpaired) electrons. The summed E-state index contributed by atoms with van der Waals surface area (Å²) in [5.41, 5.74) is 0.215. The van der Waals surface area contributed by atoms with Gasteiger partial charge in [-0.3, -0.25) is 14.9 Å². The number of amides is 1. The Morgan fingerprint density at radius 2 is 2.37 bits per heavy atom. The molecule has 19 heavy (non-hydrogen) atoms. The Bertz CT molecular complexity index is 503. The lowest BCUT2D eigenvalue weighted by Crippen LogP contribution is -2.48. The van der Waals surface area contributed by atoms with Crippen LogP contribution in [-0.4, -0.2) is 36.6 Å². The van der Waals surface area contributed by atoms with Gasteiger partial charge in [0.25, 0.3) is 5.69 Å². The molecule has 0 aliphatic carbocycles. The zero-order valence-electron chi connectivity index (χ0n) is 9.89. The number of morpholine rings is 1. The van der Waals surface area contributed by atoms with Gasteiger partial charge in [0.2, 0.25) is 5.91 Å². The van der Waals surface area contributed by atoms with Gasteiger partial charge in [0.05, 0.1) is 18.1 Å². The van der Waals surface area contributed by atoms with Gasteiger partial charge in [0.15, 0.2) is 0 Å². The first-order valence-electron chi connectivity index (χ1n) is 5.64. The van der Waals surface area contributed by atoms with Gasteiger partial charge in [-0.1, -0.05) is 11.6 Å². The third kappa shape index (κ3) is 3.40. The molecule has 0 spiro atoms. The quantitative estimate of drug-likeness (QED) is 0.642. The summed E-state index contributed by atoms with van der Waals surface area (Å²) in [7, 11) is 0. The fraction of sp³-hybridized carbons (Fsp3) is 0.364. The van der Waals surface area contributed by atoms with Gasteiger partial charge in [-0.15, -0.1) is 0 Å². The highest BCUT2D eigenvalue weighted by Gasteiger charge is 2.21. The van der Waals surface area contributed by atoms with Gasteiger partial charge < -0.3 is 15.4 Å². The van der Waals surface area contributed by atoms with Crippen LogP contribution in [-0.2, 0) is 9.53 Å². The second kappa shape index (κ2) is 5.96. The number of carbonyl (C=O) groups is 1. The Balaban J connectivity index is 2.04. The summed E-state index contributed by atoms with van der Waals surface area (Å²) >= 11 is 5.76. The van der Waals surface area contributed by atoms with E-state index in [0.29, 0.717) is 25.4 Å². The molecule has 1 heterocycles. The molecule has 1 fully saturated rings. The van der Waals surface area contributed by atoms with Crippen LogP contribution in [0.2, 0.25) is 5.02 Å². The third-order valence-electron chi connectivity index (χ3n) is 2.65. The normalized spacial score (nSPS) is 18.9. The predicted molar refractivity (Wildman–Crippen MR) is 69.3 cm³/mol. The molecule has 0 aromatic heterocycles. The monoisotopic (exact) mass is 285 g/mol. The summed E-state index contributed by atoms with van der Waals surface area (Å²) < 4.78 is 5.18. The van der Waals surface area contributed by atoms with Gasteiger partial charge >= 0.3 is 0 Å². The smallest absolute Gasteiger partial charge is 0.288 e. The van der Waals surface area contributed by atoms with Crippen LogP contribution >= 0.6 is 11.6 Å². The molecule has 0 bridgehead atoms. The van der Waals surface area contributed by atoms with Crippen LogP contribution in [0.3, 0.4) is 0 Å². The number of anilines is 1. The minimum atomic E-state index is -0.579. The molecule has 1 aromatic rings. The van der Waals surface area contributed by atoms with Crippen molar-refractivity contribution in [3.63, 3.8) is 0 Å². The molecular formula is C11H12ClN3O4. The number of nitro groups is 1. The minimum absolute atomic E-state index is 0.0179. The predicted octanol–water partition coefficient (Wildman–Crippen LogP) is 1.18. The molecule has 1 saturated heterocycles. The average Bonchev–Trinajstić information content (AvgIpc) is 2.39. The van der Waals surface area contributed by atoms with E-state index in [1.807, 2.05) is 0 Å². The van der Waals surface area contributed by atoms with Gasteiger partial charge in [0, 0.05) is 18.3 Å². The summed E-state index contributed by atoms with van der Waals surface area (Å²) in [5, 5.41) is 16.2. The number of nitrogens with one attached hydrogen (secondary N) is 2. The highest BCUT2D eigenvalue weighted by atomic mass is 35.5. The molecule has 0 saturated carbocycles. The van der Waals surface area contributed by atoms with Crippen LogP contribution in [0.25, 0.3) is 0 Å². The SMILES string of the molecule is O=C(Nc1ccc([N+](=O)[O-])c(Cl)c1)C1COCCN1. The maximum Gasteiger partial charge on any atom is 0.288 e. The number of nitro benzene ring substituents is 1. The molecule has 7 nitrogen and oxygen atoms in total. The molecule has 1 amide bonds. The number of carbonyl (C=O) groups excluding carboxylic acids is 1. The zero-order chi connectivity index (χ0) is 13.8. The van der Waals surface area contributed by atoms with Crippen LogP contribution in [0.4, 0.5) is 11.4 Å². The van der Waals surface area contributed by atoms with Crippen LogP contribution < -0.4 is 10.6 Å². The van der Waals surface area contributed by atoms with Crippen LogP contribution in [0.15, 0.2) is 18.2 Å². The van der Waals surface area contributed by atoms with Gasteiger partial charge in [0.1, 0.15) is 11.1 Å². The van der Waals surface area contributed by atoms with Crippen molar-refractivity contribution in [2.75, 3.05) is 25.1 Å². The summed E-state index contributed by atoms with van der Waals surface area (Å²) in [6, 6.07) is 3.61. The van der Waals surface area contributed by atoms with E-state index in [2.05, 4.69) is 10.6 Å². The van der Waals surface area contributed by atoms with E-state index in [9.17, 15) is 14.9 Å². The molecule has 1 atom stereocenters. The number of benzene rings is 1. The maximum atomic E-state index is 11.9. The highest BCUT2D eigenvalue weighted by Crippen LogP contribution is 2.27. The third-order valence-corrected chi connectivity index (χ3v) is 2.95. The first-order chi connectivity index (χ1) is 9.08. The maximum absolute atomic E-state index is 11.9. The minimum Gasteiger partial charge on any atom is -0.378 e. The van der Waals surface area contributed by atoms with Crippen molar-refractivity contribution < 1.29 is 14.5 Å². The molecular weight excluding hydrogens is 274 g/mol. The van der Waals surface area contributed by atoms with E-state index in [4.69, 9.17) is 16.3 Å². The Hall–Kier alpha value is -1.70. The summed E-state index contributed by atoms with van der Waals surface area (Å²) in [6.45, 7) is 1.48. The topological polar surface area (TPSA) is 93.5 Å². The van der Waals surface area contributed by atoms with Crippen molar-refractivity contribution in [1.29, 1.82) is 0 Å². The van der Waals surface area contributed by atoms with Gasteiger partial charge in [-0.25, -0.2) is 0 Å². The molecule has 2 rings (SSSR count). The van der Waals surface area contributed by atoms with E-state index in [0.717, 1.165) is 0 Å². The van der Waals surface area contributed by atoms with Crippen molar-refractivity contribution in [2.24, 2.45) is 0 Å². The second-order valence-electron chi connectivity index (χ2n) is 3.99. The molecule has 1 aromatic carbocycles. The van der Waals surface area contributed by atoms with Crippen LogP contribution in [0.5, 0.6) is 0 Å². The first kappa shape index (κ1) is 13.7. The largest absolute Gasteiger partial charge is 0.378 e. The Morgan fingerprint density at radius 1 is 1.58 bits per heavy atom. The summed E-state index contributed by atoms with van der Waals surface area (Å²) in [6.07, 6.45) is 0. The summed E-state index contributed by atoms with van der Waals surface area (Å²) in [4.78, 5) is 21.9. The van der Waals surface area contributed by atoms with Gasteiger partial charge in [-0.05, 0) is 12.1 Å². The number of rotatable bonds is 3. The number of nitrogens with zero attached hydrogens (tertiary/aromatic N) is 1. The number of ether oxygens (including phenoxy) is 1. The van der Waals surface area contributed by atoms with Crippen molar-refractivity contribution in [2.45, 2.75) is 6.04 Å². The summed E-state index contributed by atoms with van der Waals surface area (Å²) in [5.74, 6) is -0.260. The molecule has 1 aliphatic heterocycles. The number of hydrogen-bond acceptors (Lipinski definition) is 5. The molecule has 1 aliphatic rings. The lowest BCUT2D eigenvalue weighted by atomic mass is 10.2. The van der Waals surface area contributed by atoms with Crippen LogP contribution in [0, 0.1) is 10.1 Å². The van der Waals surface area contributed by atoms with Crippen molar-refractivity contribution in [3.8, 4) is 0 Å². The standard InChI is InChI=1S/C11H12ClN3O4/c12-8-5-7(1-2-10(8)15(17)18)14-11(16)9-6-19-4-3-13-9/h1-2,5,9,13H,3-4,6H2,(H,14,16). The van der Waals surface area contributed by atoms with E-state index < -0.39 is 11.0 Å². The van der Waals surface area contributed by atoms with Crippen molar-refractivity contribution in [1.82, 2.24) is 5.32 Å². The first-order valence-corrected chi connectivity index (χ1v) is 6.01. The van der Waals surface area contributed by atoms with Gasteiger partial charge in [-0.2, -0.15) is 0 Å². The Labute approximate surface area is 114 Å². The Kier molecular flexibility index (Phi) is 4.31. The molecule has 102 valence electrons. The fourth-order valence-electron chi connectivity index (χ4n) is 1.70. The molecule has 8 heteroatoms. The van der Waals surface area contributed by atoms with Crippen molar-refractivity contribution in [3.05, 3.63) is 33.3 Å². The second-order valence-corrected chi connectivity index (χ2v) is 4.40. The van der Waals surface area contributed by atoms with E-state index in [-0.39, 0.29) is 16.6 Å². The van der Waals surface area contributed by atoms with Crippen LogP contribution in [0.1, 0.15) is 0 Å². The fourth-order valence-corrected chi connectivity index (χ4v) is 1.95. The van der Waals surface area contributed by atoms with E-state index >= 15 is 0 Å². The van der Waals surface area contributed by atoms with E-state index in [1.165, 1.54) is 18.2 Å². The highest BCUT2D eigenvalue weighted by molar-refractivity contribution is 6.33. The van der Waals surface area contributed by atoms with E-state index in [1.54, 1.807) is 0 Å². The zero-order valence-corrected chi connectivity index (χ0v) is 10.6. The average molecular weight is 286 g/mol. The molecule has 1 unspecified atom stereocenters. The number of halogens is 1. The lowest BCUT2D eigenvalue weighted by molar-refractivity contribution is -0.384. The number of hydrogen-bond donors (Lipinski definition) is 2. The lowest BCUT2D eigenvalue weighted by Gasteiger charge is -2.22.